The standard InChI is InChI=1S/C20H21N7O/c1-15-4-5-17(22-13-15)23-18-6-7-19(25-24-18)26-9-11-27(12-10-26)20(28)16-3-2-8-21-14-16/h2-8,13-14H,9-12H2,1H3,(H,22,23,24). The van der Waals surface area contributed by atoms with Crippen molar-refractivity contribution >= 4 is 23.4 Å². The first-order valence-electron chi connectivity index (χ1n) is 9.17. The molecule has 1 aliphatic rings. The van der Waals surface area contributed by atoms with Crippen molar-refractivity contribution in [2.45, 2.75) is 6.92 Å². The molecule has 1 aliphatic heterocycles. The van der Waals surface area contributed by atoms with E-state index in [9.17, 15) is 4.79 Å². The second-order valence-electron chi connectivity index (χ2n) is 6.64. The van der Waals surface area contributed by atoms with Gasteiger partial charge in [-0.1, -0.05) is 6.07 Å². The van der Waals surface area contributed by atoms with Gasteiger partial charge in [-0.15, -0.1) is 10.2 Å². The second kappa shape index (κ2) is 7.99. The number of hydrogen-bond acceptors (Lipinski definition) is 7. The summed E-state index contributed by atoms with van der Waals surface area (Å²) in [7, 11) is 0. The first-order valence-corrected chi connectivity index (χ1v) is 9.17. The summed E-state index contributed by atoms with van der Waals surface area (Å²) in [5.74, 6) is 2.19. The molecule has 1 fully saturated rings. The van der Waals surface area contributed by atoms with Crippen molar-refractivity contribution in [1.82, 2.24) is 25.1 Å². The summed E-state index contributed by atoms with van der Waals surface area (Å²) >= 11 is 0. The molecule has 4 rings (SSSR count). The Morgan fingerprint density at radius 3 is 2.43 bits per heavy atom. The van der Waals surface area contributed by atoms with Gasteiger partial charge in [0.2, 0.25) is 0 Å². The molecule has 28 heavy (non-hydrogen) atoms. The van der Waals surface area contributed by atoms with E-state index in [-0.39, 0.29) is 5.91 Å². The van der Waals surface area contributed by atoms with Crippen LogP contribution in [0.15, 0.2) is 55.0 Å². The zero-order valence-corrected chi connectivity index (χ0v) is 15.6. The molecule has 0 saturated carbocycles. The molecular weight excluding hydrogens is 354 g/mol. The third-order valence-corrected chi connectivity index (χ3v) is 4.62. The average Bonchev–Trinajstić information content (AvgIpc) is 2.76. The highest BCUT2D eigenvalue weighted by molar-refractivity contribution is 5.94. The van der Waals surface area contributed by atoms with Crippen LogP contribution in [0.2, 0.25) is 0 Å². The van der Waals surface area contributed by atoms with Crippen LogP contribution in [0.25, 0.3) is 0 Å². The fourth-order valence-corrected chi connectivity index (χ4v) is 3.04. The Labute approximate surface area is 163 Å². The molecular formula is C20H21N7O. The van der Waals surface area contributed by atoms with Gasteiger partial charge in [0, 0.05) is 44.8 Å². The number of anilines is 3. The van der Waals surface area contributed by atoms with Crippen LogP contribution in [0.3, 0.4) is 0 Å². The minimum absolute atomic E-state index is 0.0176. The van der Waals surface area contributed by atoms with E-state index in [1.54, 1.807) is 30.7 Å². The van der Waals surface area contributed by atoms with Crippen LogP contribution in [-0.2, 0) is 0 Å². The van der Waals surface area contributed by atoms with Gasteiger partial charge in [0.1, 0.15) is 5.82 Å². The highest BCUT2D eigenvalue weighted by Crippen LogP contribution is 2.17. The Bertz CT molecular complexity index is 921. The van der Waals surface area contributed by atoms with E-state index < -0.39 is 0 Å². The molecule has 3 aromatic rings. The van der Waals surface area contributed by atoms with Crippen LogP contribution >= 0.6 is 0 Å². The number of aryl methyl sites for hydroxylation is 1. The van der Waals surface area contributed by atoms with Gasteiger partial charge in [0.15, 0.2) is 11.6 Å². The van der Waals surface area contributed by atoms with E-state index >= 15 is 0 Å². The molecule has 1 N–H and O–H groups in total. The number of nitrogens with one attached hydrogen (secondary N) is 1. The first-order chi connectivity index (χ1) is 13.7. The van der Waals surface area contributed by atoms with E-state index in [4.69, 9.17) is 0 Å². The normalized spacial score (nSPS) is 14.0. The molecule has 8 heteroatoms. The van der Waals surface area contributed by atoms with Gasteiger partial charge in [0.05, 0.1) is 5.56 Å². The molecule has 0 aliphatic carbocycles. The Morgan fingerprint density at radius 2 is 1.79 bits per heavy atom. The van der Waals surface area contributed by atoms with Crippen molar-refractivity contribution in [2.24, 2.45) is 0 Å². The predicted octanol–water partition coefficient (Wildman–Crippen LogP) is 2.28. The highest BCUT2D eigenvalue weighted by Gasteiger charge is 2.23. The van der Waals surface area contributed by atoms with Crippen molar-refractivity contribution in [2.75, 3.05) is 36.4 Å². The second-order valence-corrected chi connectivity index (χ2v) is 6.64. The number of hydrogen-bond donors (Lipinski definition) is 1. The summed E-state index contributed by atoms with van der Waals surface area (Å²) in [6.07, 6.45) is 5.08. The molecule has 0 aromatic carbocycles. The maximum Gasteiger partial charge on any atom is 0.255 e. The van der Waals surface area contributed by atoms with E-state index in [2.05, 4.69) is 30.4 Å². The first kappa shape index (κ1) is 17.8. The number of carbonyl (C=O) groups is 1. The van der Waals surface area contributed by atoms with Crippen LogP contribution in [0.1, 0.15) is 15.9 Å². The van der Waals surface area contributed by atoms with Gasteiger partial charge in [0.25, 0.3) is 5.91 Å². The van der Waals surface area contributed by atoms with Gasteiger partial charge >= 0.3 is 0 Å². The van der Waals surface area contributed by atoms with Crippen molar-refractivity contribution in [3.05, 3.63) is 66.1 Å². The van der Waals surface area contributed by atoms with Gasteiger partial charge in [-0.2, -0.15) is 0 Å². The monoisotopic (exact) mass is 375 g/mol. The zero-order valence-electron chi connectivity index (χ0n) is 15.6. The molecule has 1 amide bonds. The topological polar surface area (TPSA) is 87.1 Å². The number of carbonyl (C=O) groups excluding carboxylic acids is 1. The van der Waals surface area contributed by atoms with Gasteiger partial charge in [-0.3, -0.25) is 9.78 Å². The van der Waals surface area contributed by atoms with Gasteiger partial charge < -0.3 is 15.1 Å². The third kappa shape index (κ3) is 4.06. The number of aromatic nitrogens is 4. The van der Waals surface area contributed by atoms with Gasteiger partial charge in [-0.25, -0.2) is 4.98 Å². The van der Waals surface area contributed by atoms with E-state index in [1.165, 1.54) is 0 Å². The molecule has 8 nitrogen and oxygen atoms in total. The van der Waals surface area contributed by atoms with E-state index in [0.29, 0.717) is 37.6 Å². The molecule has 0 spiro atoms. The van der Waals surface area contributed by atoms with Crippen LogP contribution in [0, 0.1) is 6.92 Å². The molecule has 1 saturated heterocycles. The summed E-state index contributed by atoms with van der Waals surface area (Å²) in [5.41, 5.74) is 1.73. The fourth-order valence-electron chi connectivity index (χ4n) is 3.04. The quantitative estimate of drug-likeness (QED) is 0.748. The SMILES string of the molecule is Cc1ccc(Nc2ccc(N3CCN(C(=O)c4cccnc4)CC3)nn2)nc1. The lowest BCUT2D eigenvalue weighted by Crippen LogP contribution is -2.49. The smallest absolute Gasteiger partial charge is 0.255 e. The maximum atomic E-state index is 12.5. The van der Waals surface area contributed by atoms with Crippen molar-refractivity contribution in [3.63, 3.8) is 0 Å². The Kier molecular flexibility index (Phi) is 5.09. The average molecular weight is 375 g/mol. The van der Waals surface area contributed by atoms with Crippen LogP contribution in [-0.4, -0.2) is 57.2 Å². The molecule has 0 bridgehead atoms. The lowest BCUT2D eigenvalue weighted by atomic mass is 10.2. The number of nitrogens with zero attached hydrogens (tertiary/aromatic N) is 6. The Hall–Kier alpha value is -3.55. The summed E-state index contributed by atoms with van der Waals surface area (Å²) in [4.78, 5) is 24.8. The highest BCUT2D eigenvalue weighted by atomic mass is 16.2. The number of amides is 1. The Balaban J connectivity index is 1.34. The molecule has 0 unspecified atom stereocenters. The lowest BCUT2D eigenvalue weighted by molar-refractivity contribution is 0.0746. The molecule has 142 valence electrons. The largest absolute Gasteiger partial charge is 0.352 e. The molecule has 0 radical (unpaired) electrons. The Morgan fingerprint density at radius 1 is 0.964 bits per heavy atom. The third-order valence-electron chi connectivity index (χ3n) is 4.62. The van der Waals surface area contributed by atoms with Crippen molar-refractivity contribution < 1.29 is 4.79 Å². The molecule has 3 aromatic heterocycles. The number of pyridine rings is 2. The summed E-state index contributed by atoms with van der Waals surface area (Å²) < 4.78 is 0. The fraction of sp³-hybridized carbons (Fsp3) is 0.250. The van der Waals surface area contributed by atoms with Gasteiger partial charge in [-0.05, 0) is 42.8 Å². The van der Waals surface area contributed by atoms with Crippen LogP contribution < -0.4 is 10.2 Å². The minimum Gasteiger partial charge on any atom is -0.352 e. The van der Waals surface area contributed by atoms with Crippen molar-refractivity contribution in [3.8, 4) is 0 Å². The summed E-state index contributed by atoms with van der Waals surface area (Å²) in [5, 5.41) is 11.7. The summed E-state index contributed by atoms with van der Waals surface area (Å²) in [6.45, 7) is 4.71. The van der Waals surface area contributed by atoms with Crippen molar-refractivity contribution in [1.29, 1.82) is 0 Å². The predicted molar refractivity (Wildman–Crippen MR) is 107 cm³/mol. The molecule has 4 heterocycles. The molecule has 0 atom stereocenters. The van der Waals surface area contributed by atoms with E-state index in [0.717, 1.165) is 17.2 Å². The van der Waals surface area contributed by atoms with Crippen LogP contribution in [0.5, 0.6) is 0 Å². The lowest BCUT2D eigenvalue weighted by Gasteiger charge is -2.35. The van der Waals surface area contributed by atoms with E-state index in [1.807, 2.05) is 36.1 Å². The summed E-state index contributed by atoms with van der Waals surface area (Å²) in [6, 6.07) is 11.3. The minimum atomic E-state index is 0.0176. The number of piperazine rings is 1. The van der Waals surface area contributed by atoms with Crippen LogP contribution in [0.4, 0.5) is 17.5 Å². The maximum absolute atomic E-state index is 12.5. The zero-order chi connectivity index (χ0) is 19.3. The number of rotatable bonds is 4.